The molecule has 1 aromatic heterocycles. The van der Waals surface area contributed by atoms with Crippen molar-refractivity contribution in [3.63, 3.8) is 0 Å². The van der Waals surface area contributed by atoms with Crippen LogP contribution in [0.2, 0.25) is 5.02 Å². The molecule has 35 heavy (non-hydrogen) atoms. The van der Waals surface area contributed by atoms with Crippen molar-refractivity contribution in [2.75, 3.05) is 26.3 Å². The Labute approximate surface area is 211 Å². The lowest BCUT2D eigenvalue weighted by Crippen LogP contribution is -2.41. The van der Waals surface area contributed by atoms with E-state index < -0.39 is 5.91 Å². The summed E-state index contributed by atoms with van der Waals surface area (Å²) in [6.45, 7) is 6.04. The number of hydrogen-bond acceptors (Lipinski definition) is 6. The van der Waals surface area contributed by atoms with Crippen molar-refractivity contribution in [3.8, 4) is 5.69 Å². The molecule has 5 rings (SSSR count). The number of para-hydroxylation sites is 1. The van der Waals surface area contributed by atoms with Crippen molar-refractivity contribution in [2.24, 2.45) is 10.1 Å². The van der Waals surface area contributed by atoms with Crippen molar-refractivity contribution >= 4 is 57.3 Å². The normalized spacial score (nSPS) is 19.2. The molecule has 0 bridgehead atoms. The van der Waals surface area contributed by atoms with Gasteiger partial charge >= 0.3 is 0 Å². The largest absolute Gasteiger partial charge is 0.378 e. The maximum Gasteiger partial charge on any atom is 0.283 e. The summed E-state index contributed by atoms with van der Waals surface area (Å²) in [5, 5.41) is 15.8. The molecule has 9 nitrogen and oxygen atoms in total. The van der Waals surface area contributed by atoms with Gasteiger partial charge in [0.15, 0.2) is 5.84 Å². The van der Waals surface area contributed by atoms with Gasteiger partial charge in [0.25, 0.3) is 5.91 Å². The van der Waals surface area contributed by atoms with Gasteiger partial charge in [-0.25, -0.2) is 0 Å². The number of carbonyl (C=O) groups excluding carboxylic acids is 2. The molecule has 0 spiro atoms. The van der Waals surface area contributed by atoms with Crippen LogP contribution in [0.5, 0.6) is 0 Å². The van der Waals surface area contributed by atoms with E-state index in [9.17, 15) is 9.59 Å². The molecule has 11 heteroatoms. The molecule has 0 atom stereocenters. The third-order valence-electron chi connectivity index (χ3n) is 6.03. The number of nitrogens with zero attached hydrogens (tertiary/aromatic N) is 5. The molecule has 3 aliphatic heterocycles. The second-order valence-electron chi connectivity index (χ2n) is 8.30. The minimum Gasteiger partial charge on any atom is -0.378 e. The van der Waals surface area contributed by atoms with E-state index >= 15 is 0 Å². The van der Waals surface area contributed by atoms with Gasteiger partial charge in [0.1, 0.15) is 5.04 Å². The second kappa shape index (κ2) is 9.44. The van der Waals surface area contributed by atoms with Crippen molar-refractivity contribution in [1.82, 2.24) is 14.5 Å². The smallest absolute Gasteiger partial charge is 0.283 e. The number of nitrogens with one attached hydrogen (secondary N) is 1. The first-order valence-corrected chi connectivity index (χ1v) is 12.3. The fraction of sp³-hybridized carbons (Fsp3) is 0.292. The first-order valence-electron chi connectivity index (χ1n) is 11.1. The van der Waals surface area contributed by atoms with Crippen LogP contribution in [0.25, 0.3) is 11.8 Å². The summed E-state index contributed by atoms with van der Waals surface area (Å²) in [4.78, 5) is 31.3. The Kier molecular flexibility index (Phi) is 6.35. The van der Waals surface area contributed by atoms with Crippen LogP contribution in [-0.4, -0.2) is 68.6 Å². The highest BCUT2D eigenvalue weighted by molar-refractivity contribution is 8.27. The molecule has 0 unspecified atom stereocenters. The molecular weight excluding hydrogens is 488 g/mol. The number of aryl methyl sites for hydroxylation is 1. The number of ether oxygens (including phenoxy) is 1. The maximum atomic E-state index is 12.9. The highest BCUT2D eigenvalue weighted by Gasteiger charge is 2.36. The SMILES string of the molecule is Cc1cc(/C=C2\C(=N)N3N=C(CC(=O)N4CCOCC4)SC3=NC2=O)c(C)n1-c1ccccc1Cl. The fourth-order valence-corrected chi connectivity index (χ4v) is 5.35. The molecule has 180 valence electrons. The minimum atomic E-state index is -0.507. The number of morpholine rings is 1. The molecule has 2 aromatic rings. The summed E-state index contributed by atoms with van der Waals surface area (Å²) in [6.07, 6.45) is 1.76. The number of rotatable bonds is 4. The second-order valence-corrected chi connectivity index (χ2v) is 9.74. The van der Waals surface area contributed by atoms with Gasteiger partial charge in [-0.05, 0) is 55.4 Å². The van der Waals surface area contributed by atoms with Crippen LogP contribution in [0.1, 0.15) is 23.4 Å². The number of fused-ring (bicyclic) bond motifs is 1. The lowest BCUT2D eigenvalue weighted by atomic mass is 10.1. The molecule has 1 fully saturated rings. The van der Waals surface area contributed by atoms with Crippen LogP contribution in [0.4, 0.5) is 0 Å². The third kappa shape index (κ3) is 4.44. The maximum absolute atomic E-state index is 12.9. The van der Waals surface area contributed by atoms with E-state index in [1.54, 1.807) is 11.0 Å². The lowest BCUT2D eigenvalue weighted by Gasteiger charge is -2.26. The monoisotopic (exact) mass is 510 g/mol. The van der Waals surface area contributed by atoms with Crippen molar-refractivity contribution in [1.29, 1.82) is 5.41 Å². The van der Waals surface area contributed by atoms with E-state index in [1.807, 2.05) is 48.7 Å². The van der Waals surface area contributed by atoms with E-state index in [0.717, 1.165) is 34.4 Å². The van der Waals surface area contributed by atoms with Crippen LogP contribution >= 0.6 is 23.4 Å². The fourth-order valence-electron chi connectivity index (χ4n) is 4.25. The number of amidine groups is 2. The van der Waals surface area contributed by atoms with Gasteiger partial charge in [-0.2, -0.15) is 15.1 Å². The summed E-state index contributed by atoms with van der Waals surface area (Å²) >= 11 is 7.56. The van der Waals surface area contributed by atoms with Crippen LogP contribution in [0.15, 0.2) is 46.0 Å². The Balaban J connectivity index is 1.40. The highest BCUT2D eigenvalue weighted by Crippen LogP contribution is 2.32. The van der Waals surface area contributed by atoms with Crippen molar-refractivity contribution in [2.45, 2.75) is 20.3 Å². The number of benzene rings is 1. The standard InChI is InChI=1S/C24H23ClN6O3S/c1-14-11-16(15(2)30(14)19-6-4-3-5-18(19)25)12-17-22(26)31-24(27-23(17)33)35-20(28-31)13-21(32)29-7-9-34-10-8-29/h3-6,11-12,26H,7-10,13H2,1-2H3/b17-12+,26-22?. The summed E-state index contributed by atoms with van der Waals surface area (Å²) in [7, 11) is 0. The van der Waals surface area contributed by atoms with Crippen LogP contribution in [0, 0.1) is 19.3 Å². The van der Waals surface area contributed by atoms with Gasteiger partial charge in [0.05, 0.1) is 35.9 Å². The van der Waals surface area contributed by atoms with Crippen LogP contribution in [0.3, 0.4) is 0 Å². The molecule has 0 aliphatic carbocycles. The van der Waals surface area contributed by atoms with Gasteiger partial charge < -0.3 is 14.2 Å². The summed E-state index contributed by atoms with van der Waals surface area (Å²) < 4.78 is 7.31. The quantitative estimate of drug-likeness (QED) is 0.633. The van der Waals surface area contributed by atoms with Crippen LogP contribution < -0.4 is 0 Å². The molecule has 1 N–H and O–H groups in total. The topological polar surface area (TPSA) is 103 Å². The molecule has 3 aliphatic rings. The zero-order valence-corrected chi connectivity index (χ0v) is 20.8. The summed E-state index contributed by atoms with van der Waals surface area (Å²) in [5.74, 6) is -0.628. The average molecular weight is 511 g/mol. The predicted octanol–water partition coefficient (Wildman–Crippen LogP) is 3.62. The Bertz CT molecular complexity index is 1340. The number of carbonyl (C=O) groups is 2. The van der Waals surface area contributed by atoms with Gasteiger partial charge in [-0.3, -0.25) is 15.0 Å². The van der Waals surface area contributed by atoms with E-state index in [-0.39, 0.29) is 23.7 Å². The number of amides is 2. The molecule has 1 aromatic carbocycles. The molecule has 2 amide bonds. The lowest BCUT2D eigenvalue weighted by molar-refractivity contribution is -0.133. The van der Waals surface area contributed by atoms with Gasteiger partial charge in [0, 0.05) is 24.5 Å². The molecule has 0 radical (unpaired) electrons. The van der Waals surface area contributed by atoms with Gasteiger partial charge in [-0.15, -0.1) is 0 Å². The molecule has 0 saturated carbocycles. The Morgan fingerprint density at radius 1 is 1.26 bits per heavy atom. The number of hydrazone groups is 1. The summed E-state index contributed by atoms with van der Waals surface area (Å²) in [5.41, 5.74) is 3.59. The number of aromatic nitrogens is 1. The zero-order valence-electron chi connectivity index (χ0n) is 19.2. The number of halogens is 1. The highest BCUT2D eigenvalue weighted by atomic mass is 35.5. The predicted molar refractivity (Wildman–Crippen MR) is 137 cm³/mol. The van der Waals surface area contributed by atoms with E-state index in [2.05, 4.69) is 10.1 Å². The van der Waals surface area contributed by atoms with Gasteiger partial charge in [-0.1, -0.05) is 23.7 Å². The minimum absolute atomic E-state index is 0.0550. The van der Waals surface area contributed by atoms with Crippen molar-refractivity contribution in [3.05, 3.63) is 57.9 Å². The Hall–Kier alpha value is -3.21. The average Bonchev–Trinajstić information content (AvgIpc) is 3.37. The third-order valence-corrected chi connectivity index (χ3v) is 7.25. The van der Waals surface area contributed by atoms with Gasteiger partial charge in [0.2, 0.25) is 11.1 Å². The Morgan fingerprint density at radius 3 is 2.74 bits per heavy atom. The molecule has 1 saturated heterocycles. The van der Waals surface area contributed by atoms with E-state index in [1.165, 1.54) is 5.01 Å². The molecule has 4 heterocycles. The van der Waals surface area contributed by atoms with Crippen molar-refractivity contribution < 1.29 is 14.3 Å². The first-order chi connectivity index (χ1) is 16.8. The first kappa shape index (κ1) is 23.5. The summed E-state index contributed by atoms with van der Waals surface area (Å²) in [6, 6.07) is 9.49. The number of aliphatic imine (C=N–C) groups is 1. The number of thioether (sulfide) groups is 1. The van der Waals surface area contributed by atoms with E-state index in [0.29, 0.717) is 41.5 Å². The van der Waals surface area contributed by atoms with Crippen LogP contribution in [-0.2, 0) is 14.3 Å². The van der Waals surface area contributed by atoms with E-state index in [4.69, 9.17) is 21.7 Å². The zero-order chi connectivity index (χ0) is 24.7. The molecular formula is C24H23ClN6O3S. The number of hydrogen-bond donors (Lipinski definition) is 1. The Morgan fingerprint density at radius 2 is 2.00 bits per heavy atom.